The Labute approximate surface area is 156 Å². The van der Waals surface area contributed by atoms with Crippen LogP contribution in [0.15, 0.2) is 46.2 Å². The molecule has 0 aliphatic carbocycles. The Kier molecular flexibility index (Phi) is 6.06. The highest BCUT2D eigenvalue weighted by Gasteiger charge is 2.29. The zero-order valence-electron chi connectivity index (χ0n) is 14.8. The van der Waals surface area contributed by atoms with Gasteiger partial charge in [0.05, 0.1) is 21.0 Å². The fourth-order valence-corrected chi connectivity index (χ4v) is 6.46. The Hall–Kier alpha value is -3.07. The van der Waals surface area contributed by atoms with Gasteiger partial charge in [-0.1, -0.05) is 13.8 Å². The van der Waals surface area contributed by atoms with Crippen LogP contribution < -0.4 is 0 Å². The van der Waals surface area contributed by atoms with Gasteiger partial charge in [-0.05, 0) is 45.6 Å². The van der Waals surface area contributed by atoms with E-state index in [0.29, 0.717) is 24.1 Å². The first-order valence-electron chi connectivity index (χ1n) is 8.10. The lowest BCUT2D eigenvalue weighted by atomic mass is 10.2. The Balaban J connectivity index is 2.72. The zero-order chi connectivity index (χ0) is 20.2. The third kappa shape index (κ3) is 3.59. The van der Waals surface area contributed by atoms with Gasteiger partial charge in [0.1, 0.15) is 0 Å². The highest BCUT2D eigenvalue weighted by atomic mass is 32.3. The van der Waals surface area contributed by atoms with Crippen LogP contribution >= 0.6 is 10.0 Å². The van der Waals surface area contributed by atoms with Crippen LogP contribution in [0.2, 0.25) is 0 Å². The van der Waals surface area contributed by atoms with Crippen molar-refractivity contribution in [2.75, 3.05) is 11.5 Å². The molecule has 2 aromatic rings. The molecule has 142 valence electrons. The van der Waals surface area contributed by atoms with E-state index in [0.717, 1.165) is 9.79 Å². The van der Waals surface area contributed by atoms with Crippen molar-refractivity contribution in [2.24, 2.45) is 0 Å². The maximum Gasteiger partial charge on any atom is 0.279 e. The molecule has 0 aliphatic heterocycles. The minimum Gasteiger partial charge on any atom is -0.298 e. The number of hydrogen-bond acceptors (Lipinski definition) is 6. The summed E-state index contributed by atoms with van der Waals surface area (Å²) >= 11 is 0. The maximum atomic E-state index is 11.3. The molecule has 0 radical (unpaired) electrons. The van der Waals surface area contributed by atoms with Crippen molar-refractivity contribution in [3.05, 3.63) is 67.8 Å². The first-order chi connectivity index (χ1) is 12.8. The third-order valence-electron chi connectivity index (χ3n) is 4.53. The summed E-state index contributed by atoms with van der Waals surface area (Å²) < 4.78 is 0. The lowest BCUT2D eigenvalue weighted by Crippen LogP contribution is -2.10. The summed E-state index contributed by atoms with van der Waals surface area (Å²) in [4.78, 5) is 45.1. The van der Waals surface area contributed by atoms with Crippen molar-refractivity contribution in [2.45, 2.75) is 23.6 Å². The van der Waals surface area contributed by atoms with Gasteiger partial charge in [0, 0.05) is 12.1 Å². The molecule has 0 atom stereocenters. The van der Waals surface area contributed by atoms with Gasteiger partial charge in [-0.2, -0.15) is 10.0 Å². The van der Waals surface area contributed by atoms with E-state index in [1.165, 1.54) is 24.3 Å². The molecule has 9 heteroatoms. The van der Waals surface area contributed by atoms with Crippen molar-refractivity contribution < 1.29 is 19.4 Å². The number of benzene rings is 2. The Morgan fingerprint density at radius 1 is 0.815 bits per heavy atom. The van der Waals surface area contributed by atoms with E-state index in [4.69, 9.17) is 0 Å². The predicted octanol–water partition coefficient (Wildman–Crippen LogP) is 4.39. The quantitative estimate of drug-likeness (QED) is 0.374. The lowest BCUT2D eigenvalue weighted by molar-refractivity contribution is -0.385. The molecule has 0 fully saturated rings. The standard InChI is InChI=1S/C18H18N2O6S/c1-3-27(4-2,15-5-7-17(19(23)24)13(9-15)11-21)16-6-8-18(20(25)26)14(10-16)12-22/h5-12H,3-4H2,1-2H3. The molecule has 2 aromatic carbocycles. The highest BCUT2D eigenvalue weighted by Crippen LogP contribution is 2.62. The summed E-state index contributed by atoms with van der Waals surface area (Å²) in [7, 11) is -1.74. The van der Waals surface area contributed by atoms with Gasteiger partial charge in [0.25, 0.3) is 11.4 Å². The van der Waals surface area contributed by atoms with Gasteiger partial charge in [0.15, 0.2) is 12.6 Å². The Bertz CT molecular complexity index is 853. The summed E-state index contributed by atoms with van der Waals surface area (Å²) in [6.45, 7) is 3.89. The molecule has 0 saturated heterocycles. The molecule has 0 N–H and O–H groups in total. The minimum atomic E-state index is -1.74. The van der Waals surface area contributed by atoms with Gasteiger partial charge in [-0.25, -0.2) is 0 Å². The van der Waals surface area contributed by atoms with Crippen molar-refractivity contribution in [1.82, 2.24) is 0 Å². The maximum absolute atomic E-state index is 11.3. The predicted molar refractivity (Wildman–Crippen MR) is 102 cm³/mol. The van der Waals surface area contributed by atoms with Crippen LogP contribution in [-0.2, 0) is 0 Å². The van der Waals surface area contributed by atoms with Crippen LogP contribution in [0, 0.1) is 20.2 Å². The summed E-state index contributed by atoms with van der Waals surface area (Å²) in [5, 5.41) is 22.2. The second kappa shape index (κ2) is 8.09. The molecule has 0 amide bonds. The smallest absolute Gasteiger partial charge is 0.279 e. The normalized spacial score (nSPS) is 11.6. The molecule has 0 unspecified atom stereocenters. The van der Waals surface area contributed by atoms with Gasteiger partial charge in [-0.3, -0.25) is 29.8 Å². The number of nitrogens with zero attached hydrogens (tertiary/aromatic N) is 2. The van der Waals surface area contributed by atoms with Crippen molar-refractivity contribution in [1.29, 1.82) is 0 Å². The monoisotopic (exact) mass is 390 g/mol. The summed E-state index contributed by atoms with van der Waals surface area (Å²) in [6.07, 6.45) is 0.897. The first-order valence-corrected chi connectivity index (χ1v) is 10.1. The highest BCUT2D eigenvalue weighted by molar-refractivity contribution is 8.33. The van der Waals surface area contributed by atoms with Crippen LogP contribution in [0.3, 0.4) is 0 Å². The second-order valence-electron chi connectivity index (χ2n) is 5.65. The summed E-state index contributed by atoms with van der Waals surface area (Å²) in [5.74, 6) is 1.30. The van der Waals surface area contributed by atoms with Crippen LogP contribution in [0.4, 0.5) is 11.4 Å². The average Bonchev–Trinajstić information content (AvgIpc) is 2.68. The molecule has 27 heavy (non-hydrogen) atoms. The average molecular weight is 390 g/mol. The number of carbonyl (C=O) groups excluding carboxylic acids is 2. The number of hydrogen-bond donors (Lipinski definition) is 0. The molecule has 0 heterocycles. The van der Waals surface area contributed by atoms with Crippen LogP contribution in [0.5, 0.6) is 0 Å². The lowest BCUT2D eigenvalue weighted by Gasteiger charge is -2.39. The van der Waals surface area contributed by atoms with E-state index < -0.39 is 19.9 Å². The van der Waals surface area contributed by atoms with Crippen molar-refractivity contribution in [3.8, 4) is 0 Å². The fraction of sp³-hybridized carbons (Fsp3) is 0.222. The number of carbonyl (C=O) groups is 2. The second-order valence-corrected chi connectivity index (χ2v) is 9.52. The number of aldehydes is 2. The zero-order valence-corrected chi connectivity index (χ0v) is 15.6. The third-order valence-corrected chi connectivity index (χ3v) is 8.82. The van der Waals surface area contributed by atoms with Crippen molar-refractivity contribution >= 4 is 34.0 Å². The van der Waals surface area contributed by atoms with E-state index >= 15 is 0 Å². The van der Waals surface area contributed by atoms with Gasteiger partial charge in [-0.15, -0.1) is 0 Å². The van der Waals surface area contributed by atoms with Crippen LogP contribution in [0.1, 0.15) is 34.6 Å². The van der Waals surface area contributed by atoms with Gasteiger partial charge >= 0.3 is 0 Å². The first kappa shape index (κ1) is 20.2. The molecular weight excluding hydrogens is 372 g/mol. The molecule has 8 nitrogen and oxygen atoms in total. The van der Waals surface area contributed by atoms with E-state index in [-0.39, 0.29) is 22.5 Å². The SMILES string of the molecule is CCS(CC)(c1ccc([N+](=O)[O-])c(C=O)c1)c1ccc([N+](=O)[O-])c(C=O)c1. The Morgan fingerprint density at radius 3 is 1.44 bits per heavy atom. The van der Waals surface area contributed by atoms with E-state index in [1.54, 1.807) is 12.1 Å². The molecule has 0 aromatic heterocycles. The van der Waals surface area contributed by atoms with Gasteiger partial charge < -0.3 is 0 Å². The summed E-state index contributed by atoms with van der Waals surface area (Å²) in [6, 6.07) is 8.87. The fourth-order valence-electron chi connectivity index (χ4n) is 3.08. The molecule has 0 saturated carbocycles. The molecule has 0 spiro atoms. The van der Waals surface area contributed by atoms with Crippen LogP contribution in [-0.4, -0.2) is 33.9 Å². The largest absolute Gasteiger partial charge is 0.298 e. The van der Waals surface area contributed by atoms with E-state index in [9.17, 15) is 29.8 Å². The molecule has 0 bridgehead atoms. The van der Waals surface area contributed by atoms with Crippen molar-refractivity contribution in [3.63, 3.8) is 0 Å². The van der Waals surface area contributed by atoms with E-state index in [2.05, 4.69) is 0 Å². The molecular formula is C18H18N2O6S. The number of nitro benzene ring substituents is 2. The molecule has 2 rings (SSSR count). The Morgan fingerprint density at radius 2 is 1.19 bits per heavy atom. The minimum absolute atomic E-state index is 0.0196. The topological polar surface area (TPSA) is 120 Å². The molecule has 0 aliphatic rings. The number of rotatable bonds is 8. The van der Waals surface area contributed by atoms with Gasteiger partial charge in [0.2, 0.25) is 0 Å². The summed E-state index contributed by atoms with van der Waals surface area (Å²) in [5.41, 5.74) is -0.583. The number of nitro groups is 2. The van der Waals surface area contributed by atoms with Crippen LogP contribution in [0.25, 0.3) is 0 Å². The van der Waals surface area contributed by atoms with E-state index in [1.807, 2.05) is 13.8 Å².